The molecular formula is C14H17N3O4. The summed E-state index contributed by atoms with van der Waals surface area (Å²) in [5, 5.41) is 6.88. The van der Waals surface area contributed by atoms with E-state index < -0.39 is 11.9 Å². The second kappa shape index (κ2) is 5.82. The van der Waals surface area contributed by atoms with Gasteiger partial charge in [0, 0.05) is 7.05 Å². The molecule has 0 atom stereocenters. The largest absolute Gasteiger partial charge is 0.469 e. The number of carbonyl (C=O) groups is 2. The lowest BCUT2D eigenvalue weighted by atomic mass is 10.3. The summed E-state index contributed by atoms with van der Waals surface area (Å²) in [6.07, 6.45) is 1.40. The number of nitrogens with zero attached hydrogens (tertiary/aromatic N) is 2. The van der Waals surface area contributed by atoms with Gasteiger partial charge in [-0.1, -0.05) is 0 Å². The summed E-state index contributed by atoms with van der Waals surface area (Å²) < 4.78 is 11.6. The van der Waals surface area contributed by atoms with Gasteiger partial charge in [0.2, 0.25) is 0 Å². The van der Waals surface area contributed by atoms with E-state index >= 15 is 0 Å². The van der Waals surface area contributed by atoms with Gasteiger partial charge < -0.3 is 14.5 Å². The number of hydrogen-bond donors (Lipinski definition) is 1. The van der Waals surface area contributed by atoms with Crippen molar-refractivity contribution in [2.24, 2.45) is 7.05 Å². The molecule has 21 heavy (non-hydrogen) atoms. The fourth-order valence-corrected chi connectivity index (χ4v) is 1.94. The van der Waals surface area contributed by atoms with Gasteiger partial charge in [0.25, 0.3) is 5.91 Å². The Labute approximate surface area is 121 Å². The zero-order valence-electron chi connectivity index (χ0n) is 12.4. The molecule has 0 bridgehead atoms. The Morgan fingerprint density at radius 3 is 2.62 bits per heavy atom. The number of amides is 1. The predicted octanol–water partition coefficient (Wildman–Crippen LogP) is 1.73. The average Bonchev–Trinajstić information content (AvgIpc) is 2.95. The summed E-state index contributed by atoms with van der Waals surface area (Å²) in [4.78, 5) is 23.6. The van der Waals surface area contributed by atoms with Crippen LogP contribution in [0.1, 0.15) is 27.5 Å². The molecule has 2 aromatic rings. The molecule has 1 N–H and O–H groups in total. The lowest BCUT2D eigenvalue weighted by molar-refractivity contribution is -0.119. The molecule has 2 rings (SSSR count). The van der Waals surface area contributed by atoms with E-state index in [0.717, 1.165) is 5.69 Å². The first kappa shape index (κ1) is 14.8. The van der Waals surface area contributed by atoms with Crippen molar-refractivity contribution >= 4 is 17.6 Å². The molecule has 2 heterocycles. The third-order valence-electron chi connectivity index (χ3n) is 3.19. The van der Waals surface area contributed by atoms with Gasteiger partial charge in [0.15, 0.2) is 6.61 Å². The number of aryl methyl sites for hydroxylation is 3. The van der Waals surface area contributed by atoms with Crippen molar-refractivity contribution in [1.29, 1.82) is 0 Å². The van der Waals surface area contributed by atoms with Crippen molar-refractivity contribution in [3.63, 3.8) is 0 Å². The molecule has 0 aliphatic heterocycles. The number of ether oxygens (including phenoxy) is 1. The summed E-state index contributed by atoms with van der Waals surface area (Å²) in [6.45, 7) is 4.93. The molecule has 0 fully saturated rings. The Hall–Kier alpha value is -2.57. The third kappa shape index (κ3) is 3.13. The van der Waals surface area contributed by atoms with Crippen molar-refractivity contribution in [2.75, 3.05) is 11.9 Å². The summed E-state index contributed by atoms with van der Waals surface area (Å²) in [5.41, 5.74) is 2.49. The highest BCUT2D eigenvalue weighted by Gasteiger charge is 2.16. The highest BCUT2D eigenvalue weighted by molar-refractivity contribution is 5.96. The van der Waals surface area contributed by atoms with Gasteiger partial charge >= 0.3 is 5.97 Å². The predicted molar refractivity (Wildman–Crippen MR) is 75.0 cm³/mol. The van der Waals surface area contributed by atoms with Crippen LogP contribution in [-0.2, 0) is 16.6 Å². The molecule has 0 aliphatic rings. The number of aromatic nitrogens is 2. The summed E-state index contributed by atoms with van der Waals surface area (Å²) in [5.74, 6) is -0.543. The van der Waals surface area contributed by atoms with E-state index in [1.807, 2.05) is 6.92 Å². The van der Waals surface area contributed by atoms with Crippen LogP contribution in [0.15, 0.2) is 16.7 Å². The fraction of sp³-hybridized carbons (Fsp3) is 0.357. The maximum Gasteiger partial charge on any atom is 0.342 e. The quantitative estimate of drug-likeness (QED) is 0.867. The maximum atomic E-state index is 11.8. The minimum absolute atomic E-state index is 0.316. The normalized spacial score (nSPS) is 10.5. The second-order valence-corrected chi connectivity index (χ2v) is 4.68. The van der Waals surface area contributed by atoms with Crippen molar-refractivity contribution in [3.8, 4) is 0 Å². The van der Waals surface area contributed by atoms with Crippen LogP contribution >= 0.6 is 0 Å². The van der Waals surface area contributed by atoms with Gasteiger partial charge in [-0.25, -0.2) is 4.79 Å². The van der Waals surface area contributed by atoms with Crippen LogP contribution in [0.4, 0.5) is 5.69 Å². The van der Waals surface area contributed by atoms with E-state index in [9.17, 15) is 9.59 Å². The van der Waals surface area contributed by atoms with Crippen molar-refractivity contribution in [2.45, 2.75) is 20.8 Å². The zero-order valence-corrected chi connectivity index (χ0v) is 12.4. The molecule has 0 radical (unpaired) electrons. The topological polar surface area (TPSA) is 86.4 Å². The highest BCUT2D eigenvalue weighted by atomic mass is 16.5. The molecule has 2 aromatic heterocycles. The van der Waals surface area contributed by atoms with Crippen LogP contribution < -0.4 is 5.32 Å². The van der Waals surface area contributed by atoms with Gasteiger partial charge in [-0.3, -0.25) is 9.48 Å². The SMILES string of the molecule is Cc1nn(C)c(C)c1NC(=O)COC(=O)c1ccoc1C. The number of nitrogens with one attached hydrogen (secondary N) is 1. The van der Waals surface area contributed by atoms with Crippen LogP contribution in [-0.4, -0.2) is 28.3 Å². The van der Waals surface area contributed by atoms with Gasteiger partial charge in [0.05, 0.1) is 23.3 Å². The molecule has 0 spiro atoms. The summed E-state index contributed by atoms with van der Waals surface area (Å²) >= 11 is 0. The van der Waals surface area contributed by atoms with E-state index in [0.29, 0.717) is 22.7 Å². The molecule has 0 aliphatic carbocycles. The van der Waals surface area contributed by atoms with E-state index in [4.69, 9.17) is 9.15 Å². The molecule has 0 unspecified atom stereocenters. The molecular weight excluding hydrogens is 274 g/mol. The number of rotatable bonds is 4. The van der Waals surface area contributed by atoms with E-state index in [1.54, 1.807) is 25.6 Å². The smallest absolute Gasteiger partial charge is 0.342 e. The summed E-state index contributed by atoms with van der Waals surface area (Å²) in [6, 6.07) is 1.50. The highest BCUT2D eigenvalue weighted by Crippen LogP contribution is 2.18. The minimum Gasteiger partial charge on any atom is -0.469 e. The minimum atomic E-state index is -0.587. The standard InChI is InChI=1S/C14H17N3O4/c1-8-13(9(2)17(4)16-8)15-12(18)7-21-14(19)11-5-6-20-10(11)3/h5-6H,7H2,1-4H3,(H,15,18). The first-order chi connectivity index (χ1) is 9.90. The lowest BCUT2D eigenvalue weighted by Gasteiger charge is -2.06. The monoisotopic (exact) mass is 291 g/mol. The molecule has 0 aromatic carbocycles. The number of esters is 1. The molecule has 0 saturated heterocycles. The zero-order chi connectivity index (χ0) is 15.6. The number of hydrogen-bond acceptors (Lipinski definition) is 5. The first-order valence-corrected chi connectivity index (χ1v) is 6.41. The van der Waals surface area contributed by atoms with Gasteiger partial charge in [-0.15, -0.1) is 0 Å². The molecule has 1 amide bonds. The average molecular weight is 291 g/mol. The third-order valence-corrected chi connectivity index (χ3v) is 3.19. The Balaban J connectivity index is 1.94. The van der Waals surface area contributed by atoms with Crippen LogP contribution in [0, 0.1) is 20.8 Å². The van der Waals surface area contributed by atoms with Crippen LogP contribution in [0.5, 0.6) is 0 Å². The molecule has 0 saturated carbocycles. The van der Waals surface area contributed by atoms with Crippen molar-refractivity contribution in [1.82, 2.24) is 9.78 Å². The Bertz CT molecular complexity index is 684. The van der Waals surface area contributed by atoms with Gasteiger partial charge in [-0.05, 0) is 26.8 Å². The Kier molecular flexibility index (Phi) is 4.11. The van der Waals surface area contributed by atoms with E-state index in [-0.39, 0.29) is 6.61 Å². The maximum absolute atomic E-state index is 11.8. The lowest BCUT2D eigenvalue weighted by Crippen LogP contribution is -2.21. The molecule has 7 heteroatoms. The number of anilines is 1. The van der Waals surface area contributed by atoms with E-state index in [1.165, 1.54) is 12.3 Å². The summed E-state index contributed by atoms with van der Waals surface area (Å²) in [7, 11) is 1.79. The Morgan fingerprint density at radius 1 is 1.38 bits per heavy atom. The van der Waals surface area contributed by atoms with Crippen LogP contribution in [0.25, 0.3) is 0 Å². The first-order valence-electron chi connectivity index (χ1n) is 6.41. The van der Waals surface area contributed by atoms with Gasteiger partial charge in [-0.2, -0.15) is 5.10 Å². The van der Waals surface area contributed by atoms with Crippen LogP contribution in [0.2, 0.25) is 0 Å². The number of carbonyl (C=O) groups excluding carboxylic acids is 2. The Morgan fingerprint density at radius 2 is 2.10 bits per heavy atom. The number of furan rings is 1. The van der Waals surface area contributed by atoms with Crippen molar-refractivity contribution in [3.05, 3.63) is 35.0 Å². The molecule has 112 valence electrons. The fourth-order valence-electron chi connectivity index (χ4n) is 1.94. The van der Waals surface area contributed by atoms with E-state index in [2.05, 4.69) is 10.4 Å². The molecule has 7 nitrogen and oxygen atoms in total. The van der Waals surface area contributed by atoms with Crippen molar-refractivity contribution < 1.29 is 18.7 Å². The van der Waals surface area contributed by atoms with Gasteiger partial charge in [0.1, 0.15) is 11.3 Å². The van der Waals surface area contributed by atoms with Crippen LogP contribution in [0.3, 0.4) is 0 Å². The second-order valence-electron chi connectivity index (χ2n) is 4.68.